The van der Waals surface area contributed by atoms with E-state index in [1.165, 1.54) is 11.8 Å². The minimum absolute atomic E-state index is 0.0373. The van der Waals surface area contributed by atoms with E-state index in [2.05, 4.69) is 0 Å². The molecule has 0 atom stereocenters. The number of fused-ring (bicyclic) bond motifs is 15. The molecule has 330 valence electrons. The first-order valence-electron chi connectivity index (χ1n) is 36.2. The molecule has 0 spiro atoms. The van der Waals surface area contributed by atoms with Gasteiger partial charge in [-0.1, -0.05) is 126 Å². The van der Waals surface area contributed by atoms with Crippen molar-refractivity contribution < 1.29 is 38.4 Å². The van der Waals surface area contributed by atoms with Crippen LogP contribution < -0.4 is 26.2 Å². The highest BCUT2D eigenvalue weighted by molar-refractivity contribution is 7.26. The van der Waals surface area contributed by atoms with Crippen LogP contribution in [0.1, 0.15) is 96.6 Å². The second-order valence-electron chi connectivity index (χ2n) is 19.6. The molecule has 0 aliphatic carbocycles. The Morgan fingerprint density at radius 1 is 0.449 bits per heavy atom. The molecule has 6 heteroatoms. The van der Waals surface area contributed by atoms with Gasteiger partial charge < -0.3 is 18.9 Å². The molecule has 3 aromatic heterocycles. The molecule has 0 unspecified atom stereocenters. The molecule has 0 saturated carbocycles. The van der Waals surface area contributed by atoms with E-state index in [1.807, 2.05) is 0 Å². The molecular weight excluding hydrogens is 856 g/mol. The van der Waals surface area contributed by atoms with Gasteiger partial charge in [0.2, 0.25) is 0 Å². The van der Waals surface area contributed by atoms with Crippen LogP contribution in [0.15, 0.2) is 169 Å². The minimum atomic E-state index is -1.93. The lowest BCUT2D eigenvalue weighted by Gasteiger charge is -2.46. The smallest absolute Gasteiger partial charge is 0.252 e. The Hall–Kier alpha value is -7.54. The van der Waals surface area contributed by atoms with Gasteiger partial charge in [-0.3, -0.25) is 0 Å². The maximum Gasteiger partial charge on any atom is 0.252 e. The van der Waals surface area contributed by atoms with Gasteiger partial charge in [-0.2, -0.15) is 0 Å². The van der Waals surface area contributed by atoms with Crippen molar-refractivity contribution in [1.29, 1.82) is 0 Å². The lowest BCUT2D eigenvalue weighted by atomic mass is 9.33. The average molecular weight is 933 g/mol. The number of rotatable bonds is 2. The number of nitrogens with zero attached hydrogens (tertiary/aromatic N) is 4. The van der Waals surface area contributed by atoms with Crippen LogP contribution in [-0.2, 0) is 10.8 Å². The Labute approximate surface area is 445 Å². The van der Waals surface area contributed by atoms with E-state index in [-0.39, 0.29) is 98.4 Å². The topological polar surface area (TPSA) is 16.3 Å². The van der Waals surface area contributed by atoms with Gasteiger partial charge in [0, 0.05) is 64.5 Å². The Morgan fingerprint density at radius 3 is 1.81 bits per heavy atom. The molecule has 0 N–H and O–H groups in total. The Morgan fingerprint density at radius 2 is 1.06 bits per heavy atom. The van der Waals surface area contributed by atoms with E-state index in [0.717, 1.165) is 14.0 Å². The van der Waals surface area contributed by atoms with Crippen LogP contribution in [0.2, 0.25) is 0 Å². The standard InChI is InChI=1S/C63H49BN4S/c1-36-31-54-59-55(32-36)68-51-21-12-17-41-40-15-8-10-19-47(40)67(60(41)51)52-22-13-18-46(61(52)68)64(59)45-28-27-39(35-53(45)66(54)50-20-14-24-57-58(50)42-16-9-11-23-56(42)69-57)65-48-29-25-37(62(2,3)4)33-43(48)44-34-38(63(5,6)7)26-30-49(44)65/h8-35H,1-7H3/i8D,9D,10D,11D,12D,13D,14D,15D,16D,17D,18D,19D,20D,21D,22D,23D,24D,25D,26D,27D,28D,29D,30D,31D,32D,33D,34D,35D. The maximum absolute atomic E-state index is 11.1. The monoisotopic (exact) mass is 933 g/mol. The Kier molecular flexibility index (Phi) is 4.07. The molecule has 0 saturated heterocycles. The van der Waals surface area contributed by atoms with Crippen molar-refractivity contribution in [1.82, 2.24) is 9.13 Å². The second-order valence-corrected chi connectivity index (χ2v) is 20.6. The van der Waals surface area contributed by atoms with Gasteiger partial charge in [-0.05, 0) is 135 Å². The number of benzene rings is 9. The summed E-state index contributed by atoms with van der Waals surface area (Å²) in [5.41, 5.74) is -8.85. The summed E-state index contributed by atoms with van der Waals surface area (Å²) in [6.07, 6.45) is 0. The molecule has 0 amide bonds. The van der Waals surface area contributed by atoms with Gasteiger partial charge in [0.15, 0.2) is 0 Å². The van der Waals surface area contributed by atoms with E-state index < -0.39 is 231 Å². The number of thiophene rings is 1. The van der Waals surface area contributed by atoms with Crippen molar-refractivity contribution in [2.75, 3.05) is 9.80 Å². The summed E-state index contributed by atoms with van der Waals surface area (Å²) in [7, 11) is 0. The third-order valence-electron chi connectivity index (χ3n) is 13.3. The van der Waals surface area contributed by atoms with Crippen LogP contribution in [0.4, 0.5) is 34.1 Å². The van der Waals surface area contributed by atoms with E-state index in [4.69, 9.17) is 5.48 Å². The molecule has 12 aromatic rings. The van der Waals surface area contributed by atoms with Crippen LogP contribution in [0.5, 0.6) is 0 Å². The average Bonchev–Trinajstić information content (AvgIpc) is 1.10. The van der Waals surface area contributed by atoms with Gasteiger partial charge in [0.25, 0.3) is 6.71 Å². The highest BCUT2D eigenvalue weighted by atomic mass is 32.1. The zero-order valence-corrected chi connectivity index (χ0v) is 38.6. The first kappa shape index (κ1) is 21.0. The van der Waals surface area contributed by atoms with Gasteiger partial charge in [0.1, 0.15) is 0 Å². The fourth-order valence-corrected chi connectivity index (χ4v) is 11.3. The van der Waals surface area contributed by atoms with Gasteiger partial charge in [-0.25, -0.2) is 0 Å². The maximum atomic E-state index is 11.1. The SMILES string of the molecule is [2H]c1c([2H])c2c3c(c1[2H])-n1c4c([2H])c([2H])c([2H])c([2H])c4c4c([2H])c([2H])c([2H])c(c41)N3c1c([2H])c(C)c([2H])c3c1B2c1c([2H])c([2H])c(-n2c4c([2H])c([2H])c(C(C)(C)C)c([2H])c4c4c([2H])c(C(C)(C)C)c([2H])c([2H])c42)c([2H])c1N3c1c([2H])c([2H])c([2H])c2sc3c([2H])c([2H])c([2H])c([2H])c3c12. The summed E-state index contributed by atoms with van der Waals surface area (Å²) in [5.74, 6) is 0. The lowest BCUT2D eigenvalue weighted by molar-refractivity contribution is 0.590. The molecule has 3 aliphatic rings. The minimum Gasteiger partial charge on any atom is -0.311 e. The van der Waals surface area contributed by atoms with Crippen molar-refractivity contribution >= 4 is 132 Å². The number of para-hydroxylation sites is 3. The lowest BCUT2D eigenvalue weighted by Crippen LogP contribution is -2.61. The molecule has 9 aromatic carbocycles. The third kappa shape index (κ3) is 5.19. The predicted octanol–water partition coefficient (Wildman–Crippen LogP) is 15.5. The first-order chi connectivity index (χ1) is 45.1. The summed E-state index contributed by atoms with van der Waals surface area (Å²) in [6.45, 7) is 9.66. The summed E-state index contributed by atoms with van der Waals surface area (Å²) in [6, 6.07) is -19.7. The van der Waals surface area contributed by atoms with Crippen molar-refractivity contribution in [2.24, 2.45) is 0 Å². The normalized spacial score (nSPS) is 19.6. The van der Waals surface area contributed by atoms with Crippen LogP contribution in [-0.4, -0.2) is 15.8 Å². The number of hydrogen-bond donors (Lipinski definition) is 0. The fourth-order valence-electron chi connectivity index (χ4n) is 10.3. The summed E-state index contributed by atoms with van der Waals surface area (Å²) < 4.78 is 275. The number of anilines is 6. The van der Waals surface area contributed by atoms with Gasteiger partial charge in [0.05, 0.1) is 83.2 Å². The van der Waals surface area contributed by atoms with Crippen molar-refractivity contribution in [3.8, 4) is 11.4 Å². The van der Waals surface area contributed by atoms with E-state index in [1.54, 1.807) is 41.5 Å². The molecule has 6 heterocycles. The zero-order chi connectivity index (χ0) is 70.8. The first-order valence-corrected chi connectivity index (χ1v) is 23.0. The molecular formula is C63H49BN4S. The second kappa shape index (κ2) is 13.4. The summed E-state index contributed by atoms with van der Waals surface area (Å²) in [4.78, 5) is 2.27. The van der Waals surface area contributed by atoms with Gasteiger partial charge in [-0.15, -0.1) is 11.3 Å². The Bertz CT molecular complexity index is 5850. The molecule has 3 aliphatic heterocycles. The van der Waals surface area contributed by atoms with Crippen LogP contribution >= 0.6 is 11.3 Å². The molecule has 15 rings (SSSR count). The van der Waals surface area contributed by atoms with E-state index in [9.17, 15) is 32.9 Å². The number of aromatic nitrogens is 2. The molecule has 69 heavy (non-hydrogen) atoms. The van der Waals surface area contributed by atoms with E-state index in [0.29, 0.717) is 11.3 Å². The number of hydrogen-bond acceptors (Lipinski definition) is 3. The highest BCUT2D eigenvalue weighted by Gasteiger charge is 2.46. The molecule has 0 radical (unpaired) electrons. The third-order valence-corrected chi connectivity index (χ3v) is 14.4. The van der Waals surface area contributed by atoms with Crippen LogP contribution in [0.25, 0.3) is 75.2 Å². The zero-order valence-electron chi connectivity index (χ0n) is 65.8. The van der Waals surface area contributed by atoms with Crippen molar-refractivity contribution in [2.45, 2.75) is 59.3 Å². The predicted molar refractivity (Wildman–Crippen MR) is 298 cm³/mol. The quantitative estimate of drug-likeness (QED) is 0.161. The molecule has 0 fully saturated rings. The summed E-state index contributed by atoms with van der Waals surface area (Å²) >= 11 is 0.667. The van der Waals surface area contributed by atoms with Crippen molar-refractivity contribution in [3.05, 3.63) is 186 Å². The molecule has 0 bridgehead atoms. The fraction of sp³-hybridized carbons (Fsp3) is 0.143. The van der Waals surface area contributed by atoms with E-state index >= 15 is 0 Å². The Balaban J connectivity index is 1.24. The van der Waals surface area contributed by atoms with Crippen LogP contribution in [0.3, 0.4) is 0 Å². The summed E-state index contributed by atoms with van der Waals surface area (Å²) in [5, 5.41) is -1.66. The van der Waals surface area contributed by atoms with Crippen molar-refractivity contribution in [3.63, 3.8) is 0 Å². The highest BCUT2D eigenvalue weighted by Crippen LogP contribution is 2.54. The molecule has 4 nitrogen and oxygen atoms in total. The largest absolute Gasteiger partial charge is 0.311 e. The van der Waals surface area contributed by atoms with Crippen LogP contribution in [0, 0.1) is 6.92 Å². The van der Waals surface area contributed by atoms with Gasteiger partial charge >= 0.3 is 0 Å².